The van der Waals surface area contributed by atoms with Crippen LogP contribution in [0.15, 0.2) is 59.5 Å². The molecule has 100 valence electrons. The number of rotatable bonds is 5. The lowest BCUT2D eigenvalue weighted by Gasteiger charge is -2.23. The number of thioether (sulfide) groups is 1. The standard InChI is InChI=1S/C17H21NS/c1-3-15(17(18)14-10-5-4-6-11-14)19-16-12-8-7-9-13(16)2/h4-12,15,17H,3,18H2,1-2H3. The van der Waals surface area contributed by atoms with E-state index in [1.807, 2.05) is 17.8 Å². The van der Waals surface area contributed by atoms with E-state index in [2.05, 4.69) is 62.4 Å². The summed E-state index contributed by atoms with van der Waals surface area (Å²) in [6, 6.07) is 19.0. The van der Waals surface area contributed by atoms with Crippen LogP contribution < -0.4 is 5.73 Å². The van der Waals surface area contributed by atoms with E-state index in [4.69, 9.17) is 5.73 Å². The van der Waals surface area contributed by atoms with Crippen molar-refractivity contribution in [2.75, 3.05) is 0 Å². The molecule has 0 saturated carbocycles. The molecule has 2 heteroatoms. The average Bonchev–Trinajstić information content (AvgIpc) is 2.47. The zero-order valence-electron chi connectivity index (χ0n) is 11.5. The first-order valence-corrected chi connectivity index (χ1v) is 7.63. The van der Waals surface area contributed by atoms with E-state index in [0.717, 1.165) is 6.42 Å². The number of hydrogen-bond donors (Lipinski definition) is 1. The highest BCUT2D eigenvalue weighted by atomic mass is 32.2. The molecule has 2 aromatic rings. The Labute approximate surface area is 120 Å². The van der Waals surface area contributed by atoms with Crippen LogP contribution in [0.5, 0.6) is 0 Å². The van der Waals surface area contributed by atoms with E-state index >= 15 is 0 Å². The average molecular weight is 271 g/mol. The van der Waals surface area contributed by atoms with E-state index in [9.17, 15) is 0 Å². The lowest BCUT2D eigenvalue weighted by molar-refractivity contribution is 0.656. The lowest BCUT2D eigenvalue weighted by atomic mass is 10.0. The molecule has 0 heterocycles. The van der Waals surface area contributed by atoms with E-state index in [1.54, 1.807) is 0 Å². The summed E-state index contributed by atoms with van der Waals surface area (Å²) in [5.41, 5.74) is 8.97. The SMILES string of the molecule is CCC(Sc1ccccc1C)C(N)c1ccccc1. The summed E-state index contributed by atoms with van der Waals surface area (Å²) in [5.74, 6) is 0. The second kappa shape index (κ2) is 6.78. The van der Waals surface area contributed by atoms with Crippen LogP contribution >= 0.6 is 11.8 Å². The Morgan fingerprint density at radius 1 is 1.00 bits per heavy atom. The van der Waals surface area contributed by atoms with Crippen LogP contribution in [0.1, 0.15) is 30.5 Å². The quantitative estimate of drug-likeness (QED) is 0.806. The van der Waals surface area contributed by atoms with Gasteiger partial charge in [-0.05, 0) is 30.5 Å². The maximum atomic E-state index is 6.43. The van der Waals surface area contributed by atoms with E-state index in [-0.39, 0.29) is 6.04 Å². The van der Waals surface area contributed by atoms with Crippen molar-refractivity contribution in [3.63, 3.8) is 0 Å². The van der Waals surface area contributed by atoms with Crippen LogP contribution in [-0.2, 0) is 0 Å². The normalized spacial score (nSPS) is 14.1. The Morgan fingerprint density at radius 2 is 1.63 bits per heavy atom. The van der Waals surface area contributed by atoms with E-state index in [0.29, 0.717) is 5.25 Å². The van der Waals surface area contributed by atoms with Crippen LogP contribution in [0.2, 0.25) is 0 Å². The van der Waals surface area contributed by atoms with Gasteiger partial charge in [-0.2, -0.15) is 0 Å². The van der Waals surface area contributed by atoms with Gasteiger partial charge in [0, 0.05) is 16.2 Å². The lowest BCUT2D eigenvalue weighted by Crippen LogP contribution is -2.23. The molecule has 0 radical (unpaired) electrons. The van der Waals surface area contributed by atoms with Crippen LogP contribution in [-0.4, -0.2) is 5.25 Å². The first kappa shape index (κ1) is 14.2. The van der Waals surface area contributed by atoms with E-state index < -0.39 is 0 Å². The van der Waals surface area contributed by atoms with Gasteiger partial charge in [0.25, 0.3) is 0 Å². The minimum Gasteiger partial charge on any atom is -0.323 e. The Hall–Kier alpha value is -1.25. The summed E-state index contributed by atoms with van der Waals surface area (Å²) in [7, 11) is 0. The van der Waals surface area contributed by atoms with Crippen molar-refractivity contribution in [1.82, 2.24) is 0 Å². The van der Waals surface area contributed by atoms with Gasteiger partial charge in [-0.15, -0.1) is 11.8 Å². The van der Waals surface area contributed by atoms with Crippen molar-refractivity contribution < 1.29 is 0 Å². The number of aryl methyl sites for hydroxylation is 1. The van der Waals surface area contributed by atoms with Crippen molar-refractivity contribution >= 4 is 11.8 Å². The molecular formula is C17H21NS. The van der Waals surface area contributed by atoms with Gasteiger partial charge in [0.05, 0.1) is 0 Å². The predicted molar refractivity (Wildman–Crippen MR) is 84.5 cm³/mol. The van der Waals surface area contributed by atoms with Gasteiger partial charge in [-0.1, -0.05) is 55.5 Å². The van der Waals surface area contributed by atoms with Gasteiger partial charge in [-0.3, -0.25) is 0 Å². The Bertz CT molecular complexity index is 510. The zero-order valence-corrected chi connectivity index (χ0v) is 12.4. The van der Waals surface area contributed by atoms with Crippen molar-refractivity contribution in [3.05, 3.63) is 65.7 Å². The molecule has 2 unspecified atom stereocenters. The second-order valence-electron chi connectivity index (χ2n) is 4.77. The molecule has 0 fully saturated rings. The third-order valence-electron chi connectivity index (χ3n) is 3.36. The predicted octanol–water partition coefficient (Wildman–Crippen LogP) is 4.57. The summed E-state index contributed by atoms with van der Waals surface area (Å²) < 4.78 is 0. The minimum absolute atomic E-state index is 0.0795. The first-order chi connectivity index (χ1) is 9.22. The molecule has 0 saturated heterocycles. The smallest absolute Gasteiger partial charge is 0.0418 e. The maximum Gasteiger partial charge on any atom is 0.0418 e. The zero-order chi connectivity index (χ0) is 13.7. The molecule has 2 N–H and O–H groups in total. The highest BCUT2D eigenvalue weighted by Gasteiger charge is 2.19. The molecule has 2 rings (SSSR count). The second-order valence-corrected chi connectivity index (χ2v) is 6.05. The topological polar surface area (TPSA) is 26.0 Å². The fraction of sp³-hybridized carbons (Fsp3) is 0.294. The molecule has 0 amide bonds. The third-order valence-corrected chi connectivity index (χ3v) is 5.00. The number of benzene rings is 2. The molecule has 0 aliphatic heterocycles. The third kappa shape index (κ3) is 3.62. The Balaban J connectivity index is 2.15. The summed E-state index contributed by atoms with van der Waals surface area (Å²) >= 11 is 1.89. The van der Waals surface area contributed by atoms with Crippen LogP contribution in [0.25, 0.3) is 0 Å². The van der Waals surface area contributed by atoms with E-state index in [1.165, 1.54) is 16.0 Å². The molecule has 0 aromatic heterocycles. The van der Waals surface area contributed by atoms with Gasteiger partial charge >= 0.3 is 0 Å². The van der Waals surface area contributed by atoms with Gasteiger partial charge < -0.3 is 5.73 Å². The van der Waals surface area contributed by atoms with Gasteiger partial charge in [0.1, 0.15) is 0 Å². The Morgan fingerprint density at radius 3 is 2.26 bits per heavy atom. The molecule has 1 nitrogen and oxygen atoms in total. The van der Waals surface area contributed by atoms with Crippen molar-refractivity contribution in [1.29, 1.82) is 0 Å². The summed E-state index contributed by atoms with van der Waals surface area (Å²) in [4.78, 5) is 1.33. The van der Waals surface area contributed by atoms with Gasteiger partial charge in [-0.25, -0.2) is 0 Å². The summed E-state index contributed by atoms with van der Waals surface area (Å²) in [6.07, 6.45) is 1.06. The van der Waals surface area contributed by atoms with Crippen molar-refractivity contribution in [2.24, 2.45) is 5.73 Å². The summed E-state index contributed by atoms with van der Waals surface area (Å²) in [6.45, 7) is 4.36. The Kier molecular flexibility index (Phi) is 5.06. The molecule has 19 heavy (non-hydrogen) atoms. The largest absolute Gasteiger partial charge is 0.323 e. The first-order valence-electron chi connectivity index (χ1n) is 6.75. The molecule has 0 aliphatic rings. The maximum absolute atomic E-state index is 6.43. The van der Waals surface area contributed by atoms with Crippen molar-refractivity contribution in [2.45, 2.75) is 36.5 Å². The summed E-state index contributed by atoms with van der Waals surface area (Å²) in [5, 5.41) is 0.406. The fourth-order valence-electron chi connectivity index (χ4n) is 2.15. The van der Waals surface area contributed by atoms with Crippen molar-refractivity contribution in [3.8, 4) is 0 Å². The molecule has 0 spiro atoms. The van der Waals surface area contributed by atoms with Crippen LogP contribution in [0.3, 0.4) is 0 Å². The molecular weight excluding hydrogens is 250 g/mol. The molecule has 2 aromatic carbocycles. The highest BCUT2D eigenvalue weighted by molar-refractivity contribution is 8.00. The molecule has 2 atom stereocenters. The van der Waals surface area contributed by atoms with Crippen LogP contribution in [0, 0.1) is 6.92 Å². The monoisotopic (exact) mass is 271 g/mol. The van der Waals surface area contributed by atoms with Crippen LogP contribution in [0.4, 0.5) is 0 Å². The molecule has 0 bridgehead atoms. The fourth-order valence-corrected chi connectivity index (χ4v) is 3.36. The number of nitrogens with two attached hydrogens (primary N) is 1. The number of hydrogen-bond acceptors (Lipinski definition) is 2. The molecule has 0 aliphatic carbocycles. The highest BCUT2D eigenvalue weighted by Crippen LogP contribution is 2.34. The minimum atomic E-state index is 0.0795. The van der Waals surface area contributed by atoms with Gasteiger partial charge in [0.2, 0.25) is 0 Å². The van der Waals surface area contributed by atoms with Gasteiger partial charge in [0.15, 0.2) is 0 Å².